The number of hydrogen-bond acceptors (Lipinski definition) is 1. The van der Waals surface area contributed by atoms with Crippen molar-refractivity contribution in [2.24, 2.45) is 5.92 Å². The molecule has 4 heteroatoms. The first kappa shape index (κ1) is 16.6. The van der Waals surface area contributed by atoms with Crippen molar-refractivity contribution in [1.82, 2.24) is 14.8 Å². The second-order valence-electron chi connectivity index (χ2n) is 6.90. The molecule has 0 bridgehead atoms. The molecule has 0 saturated heterocycles. The summed E-state index contributed by atoms with van der Waals surface area (Å²) < 4.78 is 2.23. The zero-order valence-electron chi connectivity index (χ0n) is 14.8. The average molecular weight is 325 g/mol. The van der Waals surface area contributed by atoms with E-state index in [0.29, 0.717) is 12.5 Å². The van der Waals surface area contributed by atoms with Crippen LogP contribution in [0.1, 0.15) is 50.9 Å². The number of nitrogens with zero attached hydrogens (tertiary/aromatic N) is 2. The molecule has 0 spiro atoms. The molecular formula is C20H27N3O. The van der Waals surface area contributed by atoms with Gasteiger partial charge in [0.15, 0.2) is 0 Å². The number of para-hydroxylation sites is 1. The molecule has 1 aromatic heterocycles. The van der Waals surface area contributed by atoms with Crippen molar-refractivity contribution in [3.8, 4) is 5.69 Å². The van der Waals surface area contributed by atoms with Gasteiger partial charge in [0.25, 0.3) is 0 Å². The van der Waals surface area contributed by atoms with Gasteiger partial charge >= 0.3 is 6.03 Å². The third-order valence-electron chi connectivity index (χ3n) is 4.74. The second-order valence-corrected chi connectivity index (χ2v) is 6.90. The lowest BCUT2D eigenvalue weighted by Gasteiger charge is -2.30. The summed E-state index contributed by atoms with van der Waals surface area (Å²) in [4.78, 5) is 14.8. The number of benzene rings is 1. The molecule has 2 aromatic rings. The maximum Gasteiger partial charge on any atom is 0.318 e. The fraction of sp³-hybridized carbons (Fsp3) is 0.450. The number of hydrogen-bond donors (Lipinski definition) is 1. The zero-order valence-corrected chi connectivity index (χ0v) is 14.8. The molecule has 0 fully saturated rings. The number of carbonyl (C=O) groups excluding carboxylic acids is 1. The number of fused-ring (bicyclic) bond motifs is 3. The van der Waals surface area contributed by atoms with Gasteiger partial charge in [-0.1, -0.05) is 39.0 Å². The van der Waals surface area contributed by atoms with Gasteiger partial charge in [-0.2, -0.15) is 0 Å². The zero-order chi connectivity index (χ0) is 17.1. The van der Waals surface area contributed by atoms with Crippen molar-refractivity contribution in [2.75, 3.05) is 6.54 Å². The smallest absolute Gasteiger partial charge is 0.318 e. The van der Waals surface area contributed by atoms with Crippen LogP contribution in [-0.2, 0) is 6.54 Å². The topological polar surface area (TPSA) is 37.3 Å². The third-order valence-corrected chi connectivity index (χ3v) is 4.74. The van der Waals surface area contributed by atoms with Crippen molar-refractivity contribution < 1.29 is 4.79 Å². The first-order chi connectivity index (χ1) is 11.6. The molecule has 0 saturated carbocycles. The SMILES string of the molecule is CC[C@@H]1c2cccn2-c2ccccc2CN1C(=O)NCCC(C)C. The van der Waals surface area contributed by atoms with Crippen molar-refractivity contribution in [3.63, 3.8) is 0 Å². The highest BCUT2D eigenvalue weighted by molar-refractivity contribution is 5.75. The van der Waals surface area contributed by atoms with Crippen LogP contribution in [0.5, 0.6) is 0 Å². The first-order valence-corrected chi connectivity index (χ1v) is 8.91. The van der Waals surface area contributed by atoms with Crippen LogP contribution in [0.25, 0.3) is 5.69 Å². The first-order valence-electron chi connectivity index (χ1n) is 8.91. The van der Waals surface area contributed by atoms with Gasteiger partial charge < -0.3 is 14.8 Å². The molecule has 1 N–H and O–H groups in total. The van der Waals surface area contributed by atoms with Crippen LogP contribution >= 0.6 is 0 Å². The monoisotopic (exact) mass is 325 g/mol. The van der Waals surface area contributed by atoms with Crippen LogP contribution in [0.4, 0.5) is 4.79 Å². The van der Waals surface area contributed by atoms with E-state index in [4.69, 9.17) is 0 Å². The number of nitrogens with one attached hydrogen (secondary N) is 1. The Morgan fingerprint density at radius 2 is 2.04 bits per heavy atom. The van der Waals surface area contributed by atoms with E-state index in [-0.39, 0.29) is 12.1 Å². The van der Waals surface area contributed by atoms with E-state index in [9.17, 15) is 4.79 Å². The van der Waals surface area contributed by atoms with E-state index in [1.54, 1.807) is 0 Å². The summed E-state index contributed by atoms with van der Waals surface area (Å²) in [5.41, 5.74) is 3.54. The molecule has 2 heterocycles. The summed E-state index contributed by atoms with van der Waals surface area (Å²) in [7, 11) is 0. The van der Waals surface area contributed by atoms with Gasteiger partial charge in [-0.25, -0.2) is 4.79 Å². The third kappa shape index (κ3) is 3.18. The van der Waals surface area contributed by atoms with E-state index in [0.717, 1.165) is 19.4 Å². The molecule has 0 aliphatic carbocycles. The fourth-order valence-corrected chi connectivity index (χ4v) is 3.43. The van der Waals surface area contributed by atoms with Gasteiger partial charge in [-0.05, 0) is 42.5 Å². The van der Waals surface area contributed by atoms with Crippen molar-refractivity contribution in [2.45, 2.75) is 46.2 Å². The molecule has 24 heavy (non-hydrogen) atoms. The molecule has 1 aliphatic rings. The Morgan fingerprint density at radius 1 is 1.25 bits per heavy atom. The maximum atomic E-state index is 12.8. The van der Waals surface area contributed by atoms with Crippen LogP contribution in [0.3, 0.4) is 0 Å². The summed E-state index contributed by atoms with van der Waals surface area (Å²) in [5.74, 6) is 0.592. The molecule has 1 atom stereocenters. The summed E-state index contributed by atoms with van der Waals surface area (Å²) in [6.45, 7) is 7.87. The molecule has 128 valence electrons. The highest BCUT2D eigenvalue weighted by atomic mass is 16.2. The van der Waals surface area contributed by atoms with Crippen LogP contribution < -0.4 is 5.32 Å². The fourth-order valence-electron chi connectivity index (χ4n) is 3.43. The predicted octanol–water partition coefficient (Wildman–Crippen LogP) is 4.50. The van der Waals surface area contributed by atoms with Gasteiger partial charge in [0, 0.05) is 18.4 Å². The van der Waals surface area contributed by atoms with Crippen molar-refractivity contribution >= 4 is 6.03 Å². The van der Waals surface area contributed by atoms with Gasteiger partial charge in [0.1, 0.15) is 0 Å². The Hall–Kier alpha value is -2.23. The number of amides is 2. The molecule has 0 unspecified atom stereocenters. The maximum absolute atomic E-state index is 12.8. The van der Waals surface area contributed by atoms with Gasteiger partial charge in [-0.15, -0.1) is 0 Å². The summed E-state index contributed by atoms with van der Waals surface area (Å²) in [6, 6.07) is 12.7. The molecule has 1 aromatic carbocycles. The lowest BCUT2D eigenvalue weighted by atomic mass is 10.1. The summed E-state index contributed by atoms with van der Waals surface area (Å²) >= 11 is 0. The van der Waals surface area contributed by atoms with E-state index >= 15 is 0 Å². The van der Waals surface area contributed by atoms with Crippen LogP contribution in [0.15, 0.2) is 42.6 Å². The van der Waals surface area contributed by atoms with Crippen molar-refractivity contribution in [1.29, 1.82) is 0 Å². The molecular weight excluding hydrogens is 298 g/mol. The van der Waals surface area contributed by atoms with Crippen LogP contribution in [-0.4, -0.2) is 22.0 Å². The lowest BCUT2D eigenvalue weighted by molar-refractivity contribution is 0.167. The molecule has 0 radical (unpaired) electrons. The average Bonchev–Trinajstić information content (AvgIpc) is 2.99. The van der Waals surface area contributed by atoms with Gasteiger partial charge in [-0.3, -0.25) is 0 Å². The standard InChI is InChI=1S/C20H27N3O/c1-4-17-19-10-7-13-22(19)18-9-6-5-8-16(18)14-23(17)20(24)21-12-11-15(2)3/h5-10,13,15,17H,4,11-12,14H2,1-3H3,(H,21,24)/t17-/m1/s1. The van der Waals surface area contributed by atoms with Gasteiger partial charge in [0.05, 0.1) is 18.3 Å². The molecule has 3 rings (SSSR count). The normalized spacial score (nSPS) is 16.5. The largest absolute Gasteiger partial charge is 0.338 e. The minimum atomic E-state index is 0.0342. The second kappa shape index (κ2) is 7.12. The lowest BCUT2D eigenvalue weighted by Crippen LogP contribution is -2.42. The Morgan fingerprint density at radius 3 is 2.79 bits per heavy atom. The predicted molar refractivity (Wildman–Crippen MR) is 97.2 cm³/mol. The minimum Gasteiger partial charge on any atom is -0.338 e. The highest BCUT2D eigenvalue weighted by Crippen LogP contribution is 2.33. The van der Waals surface area contributed by atoms with E-state index in [1.165, 1.54) is 16.9 Å². The molecule has 4 nitrogen and oxygen atoms in total. The Labute approximate surface area is 144 Å². The Bertz CT molecular complexity index is 704. The summed E-state index contributed by atoms with van der Waals surface area (Å²) in [6.07, 6.45) is 4.00. The van der Waals surface area contributed by atoms with Gasteiger partial charge in [0.2, 0.25) is 0 Å². The van der Waals surface area contributed by atoms with Crippen molar-refractivity contribution in [3.05, 3.63) is 53.9 Å². The number of aromatic nitrogens is 1. The minimum absolute atomic E-state index is 0.0342. The van der Waals surface area contributed by atoms with E-state index in [2.05, 4.69) is 67.2 Å². The Balaban J connectivity index is 1.91. The molecule has 1 aliphatic heterocycles. The Kier molecular flexibility index (Phi) is 4.93. The number of carbonyl (C=O) groups is 1. The summed E-state index contributed by atoms with van der Waals surface area (Å²) in [5, 5.41) is 3.11. The van der Waals surface area contributed by atoms with E-state index < -0.39 is 0 Å². The number of urea groups is 1. The highest BCUT2D eigenvalue weighted by Gasteiger charge is 2.30. The van der Waals surface area contributed by atoms with Crippen LogP contribution in [0, 0.1) is 5.92 Å². The quantitative estimate of drug-likeness (QED) is 0.883. The van der Waals surface area contributed by atoms with Crippen LogP contribution in [0.2, 0.25) is 0 Å². The number of rotatable bonds is 4. The molecule has 2 amide bonds. The van der Waals surface area contributed by atoms with E-state index in [1.807, 2.05) is 11.0 Å².